The van der Waals surface area contributed by atoms with Gasteiger partial charge < -0.3 is 11.1 Å². The summed E-state index contributed by atoms with van der Waals surface area (Å²) in [6.45, 7) is 0. The molecule has 0 radical (unpaired) electrons. The fourth-order valence-corrected chi connectivity index (χ4v) is 1.54. The lowest BCUT2D eigenvalue weighted by molar-refractivity contribution is 0.0990. The highest BCUT2D eigenvalue weighted by molar-refractivity contribution is 5.94. The molecule has 0 aliphatic rings. The van der Waals surface area contributed by atoms with Crippen LogP contribution in [0.5, 0.6) is 0 Å². The number of hydrogen-bond donors (Lipinski definition) is 3. The minimum atomic E-state index is -1.97. The standard InChI is InChI=1S/C11H5F4N7O/c12-5-4(10(17)23)6(13)8(15)9(7(5)14)18-2-3(1-16)11-19-21-22-20-11/h2,18H,(H2,17,23)(H,19,20,21,22). The predicted molar refractivity (Wildman–Crippen MR) is 66.2 cm³/mol. The number of anilines is 1. The lowest BCUT2D eigenvalue weighted by Gasteiger charge is -2.10. The number of H-pyrrole nitrogens is 1. The number of aromatic nitrogens is 4. The Balaban J connectivity index is 2.50. The van der Waals surface area contributed by atoms with Crippen LogP contribution in [-0.2, 0) is 0 Å². The molecule has 0 bridgehead atoms. The van der Waals surface area contributed by atoms with Crippen molar-refractivity contribution in [1.82, 2.24) is 20.6 Å². The van der Waals surface area contributed by atoms with Gasteiger partial charge in [0.2, 0.25) is 5.82 Å². The van der Waals surface area contributed by atoms with Gasteiger partial charge in [0.15, 0.2) is 23.3 Å². The van der Waals surface area contributed by atoms with Crippen molar-refractivity contribution in [2.24, 2.45) is 5.73 Å². The monoisotopic (exact) mass is 327 g/mol. The van der Waals surface area contributed by atoms with Crippen LogP contribution in [-0.4, -0.2) is 26.5 Å². The molecule has 0 spiro atoms. The van der Waals surface area contributed by atoms with Crippen LogP contribution in [0.1, 0.15) is 16.2 Å². The van der Waals surface area contributed by atoms with E-state index in [0.29, 0.717) is 6.20 Å². The molecule has 23 heavy (non-hydrogen) atoms. The maximum absolute atomic E-state index is 13.7. The average Bonchev–Trinajstić information content (AvgIpc) is 3.03. The molecule has 2 aromatic rings. The molecular weight excluding hydrogens is 322 g/mol. The summed E-state index contributed by atoms with van der Waals surface area (Å²) < 4.78 is 54.7. The average molecular weight is 327 g/mol. The Labute approximate surface area is 124 Å². The summed E-state index contributed by atoms with van der Waals surface area (Å²) >= 11 is 0. The van der Waals surface area contributed by atoms with E-state index in [-0.39, 0.29) is 11.4 Å². The van der Waals surface area contributed by atoms with Gasteiger partial charge in [-0.15, -0.1) is 10.2 Å². The maximum atomic E-state index is 13.7. The van der Waals surface area contributed by atoms with Gasteiger partial charge in [0.1, 0.15) is 22.9 Å². The third-order valence-electron chi connectivity index (χ3n) is 2.58. The molecule has 1 heterocycles. The third kappa shape index (κ3) is 2.79. The number of carbonyl (C=O) groups is 1. The minimum Gasteiger partial charge on any atom is -0.365 e. The molecule has 0 aliphatic carbocycles. The maximum Gasteiger partial charge on any atom is 0.254 e. The van der Waals surface area contributed by atoms with Crippen LogP contribution in [0.4, 0.5) is 23.2 Å². The first-order valence-electron chi connectivity index (χ1n) is 5.64. The topological polar surface area (TPSA) is 133 Å². The van der Waals surface area contributed by atoms with E-state index in [1.54, 1.807) is 6.07 Å². The molecule has 118 valence electrons. The number of nitrogens with one attached hydrogen (secondary N) is 2. The van der Waals surface area contributed by atoms with E-state index in [0.717, 1.165) is 0 Å². The van der Waals surface area contributed by atoms with E-state index < -0.39 is 40.4 Å². The molecule has 1 aromatic heterocycles. The minimum absolute atomic E-state index is 0.226. The molecule has 0 aliphatic heterocycles. The van der Waals surface area contributed by atoms with E-state index in [1.165, 1.54) is 0 Å². The van der Waals surface area contributed by atoms with Gasteiger partial charge in [0, 0.05) is 6.20 Å². The summed E-state index contributed by atoms with van der Waals surface area (Å²) in [7, 11) is 0. The van der Waals surface area contributed by atoms with Crippen LogP contribution in [0, 0.1) is 34.6 Å². The highest BCUT2D eigenvalue weighted by Crippen LogP contribution is 2.28. The van der Waals surface area contributed by atoms with Crippen LogP contribution >= 0.6 is 0 Å². The molecule has 0 atom stereocenters. The Morgan fingerprint density at radius 3 is 2.26 bits per heavy atom. The molecule has 2 rings (SSSR count). The Hall–Kier alpha value is -3.49. The van der Waals surface area contributed by atoms with Gasteiger partial charge in [-0.1, -0.05) is 0 Å². The van der Waals surface area contributed by atoms with Crippen molar-refractivity contribution in [3.8, 4) is 6.07 Å². The lowest BCUT2D eigenvalue weighted by Crippen LogP contribution is -2.19. The second-order valence-electron chi connectivity index (χ2n) is 3.92. The first-order valence-corrected chi connectivity index (χ1v) is 5.64. The van der Waals surface area contributed by atoms with Crippen molar-refractivity contribution in [1.29, 1.82) is 5.26 Å². The third-order valence-corrected chi connectivity index (χ3v) is 2.58. The Kier molecular flexibility index (Phi) is 4.21. The van der Waals surface area contributed by atoms with Crippen LogP contribution < -0.4 is 11.1 Å². The number of halogens is 4. The first-order chi connectivity index (χ1) is 10.9. The van der Waals surface area contributed by atoms with E-state index in [4.69, 9.17) is 5.26 Å². The van der Waals surface area contributed by atoms with Crippen molar-refractivity contribution in [3.63, 3.8) is 0 Å². The molecule has 8 nitrogen and oxygen atoms in total. The van der Waals surface area contributed by atoms with Crippen molar-refractivity contribution >= 4 is 17.2 Å². The molecule has 0 unspecified atom stereocenters. The number of primary amides is 1. The van der Waals surface area contributed by atoms with E-state index >= 15 is 0 Å². The zero-order chi connectivity index (χ0) is 17.1. The number of nitrogens with two attached hydrogens (primary N) is 1. The van der Waals surface area contributed by atoms with Crippen LogP contribution in [0.25, 0.3) is 5.57 Å². The summed E-state index contributed by atoms with van der Waals surface area (Å²) in [5.74, 6) is -9.62. The van der Waals surface area contributed by atoms with Gasteiger partial charge >= 0.3 is 0 Å². The Morgan fingerprint density at radius 2 is 1.83 bits per heavy atom. The van der Waals surface area contributed by atoms with Gasteiger partial charge in [-0.05, 0) is 5.21 Å². The molecule has 12 heteroatoms. The SMILES string of the molecule is N#CC(=CNc1c(F)c(F)c(C(N)=O)c(F)c1F)c1nn[nH]n1. The summed E-state index contributed by atoms with van der Waals surface area (Å²) in [5.41, 5.74) is 1.51. The molecule has 0 saturated heterocycles. The van der Waals surface area contributed by atoms with Crippen LogP contribution in [0.2, 0.25) is 0 Å². The van der Waals surface area contributed by atoms with Crippen LogP contribution in [0.3, 0.4) is 0 Å². The largest absolute Gasteiger partial charge is 0.365 e. The molecule has 0 saturated carbocycles. The Morgan fingerprint density at radius 1 is 1.22 bits per heavy atom. The molecule has 1 amide bonds. The fourth-order valence-electron chi connectivity index (χ4n) is 1.54. The number of nitriles is 1. The number of carbonyl (C=O) groups excluding carboxylic acids is 1. The number of allylic oxidation sites excluding steroid dienone is 1. The van der Waals surface area contributed by atoms with Gasteiger partial charge in [-0.3, -0.25) is 4.79 Å². The fraction of sp³-hybridized carbons (Fsp3) is 0. The Bertz CT molecular complexity index is 812. The van der Waals surface area contributed by atoms with E-state index in [1.807, 2.05) is 5.32 Å². The van der Waals surface area contributed by atoms with Crippen molar-refractivity contribution in [2.75, 3.05) is 5.32 Å². The highest BCUT2D eigenvalue weighted by Gasteiger charge is 2.28. The van der Waals surface area contributed by atoms with Crippen molar-refractivity contribution in [3.05, 3.63) is 40.9 Å². The number of rotatable bonds is 4. The van der Waals surface area contributed by atoms with E-state index in [2.05, 4.69) is 26.4 Å². The summed E-state index contributed by atoms with van der Waals surface area (Å²) in [6.07, 6.45) is 0.704. The van der Waals surface area contributed by atoms with Gasteiger partial charge in [0.25, 0.3) is 5.91 Å². The van der Waals surface area contributed by atoms with Crippen molar-refractivity contribution < 1.29 is 22.4 Å². The van der Waals surface area contributed by atoms with Gasteiger partial charge in [-0.25, -0.2) is 17.6 Å². The van der Waals surface area contributed by atoms with Crippen LogP contribution in [0.15, 0.2) is 6.20 Å². The predicted octanol–water partition coefficient (Wildman–Crippen LogP) is 0.832. The normalized spacial score (nSPS) is 11.2. The molecule has 4 N–H and O–H groups in total. The zero-order valence-electron chi connectivity index (χ0n) is 10.9. The van der Waals surface area contributed by atoms with E-state index in [9.17, 15) is 22.4 Å². The number of amides is 1. The number of nitrogens with zero attached hydrogens (tertiary/aromatic N) is 4. The van der Waals surface area contributed by atoms with Gasteiger partial charge in [0.05, 0.1) is 0 Å². The molecule has 0 fully saturated rings. The second kappa shape index (κ2) is 6.10. The van der Waals surface area contributed by atoms with Gasteiger partial charge in [-0.2, -0.15) is 10.5 Å². The summed E-state index contributed by atoms with van der Waals surface area (Å²) in [4.78, 5) is 10.8. The lowest BCUT2D eigenvalue weighted by atomic mass is 10.1. The summed E-state index contributed by atoms with van der Waals surface area (Å²) in [5, 5.41) is 22.8. The second-order valence-corrected chi connectivity index (χ2v) is 3.92. The smallest absolute Gasteiger partial charge is 0.254 e. The number of hydrogen-bond acceptors (Lipinski definition) is 6. The number of benzene rings is 1. The molecular formula is C11H5F4N7O. The van der Waals surface area contributed by atoms with Crippen molar-refractivity contribution in [2.45, 2.75) is 0 Å². The number of tetrazole rings is 1. The summed E-state index contributed by atoms with van der Waals surface area (Å²) in [6, 6.07) is 1.58. The highest BCUT2D eigenvalue weighted by atomic mass is 19.2. The zero-order valence-corrected chi connectivity index (χ0v) is 10.9. The first kappa shape index (κ1) is 15.9. The number of aromatic amines is 1. The quantitative estimate of drug-likeness (QED) is 0.433. The molecule has 1 aromatic carbocycles.